The van der Waals surface area contributed by atoms with Crippen LogP contribution in [0.4, 0.5) is 4.39 Å². The Kier molecular flexibility index (Phi) is 4.31. The molecule has 0 spiro atoms. The summed E-state index contributed by atoms with van der Waals surface area (Å²) in [6, 6.07) is 5.28. The van der Waals surface area contributed by atoms with Crippen LogP contribution in [-0.2, 0) is 0 Å². The molecule has 0 saturated carbocycles. The summed E-state index contributed by atoms with van der Waals surface area (Å²) in [5, 5.41) is 0. The second-order valence-corrected chi connectivity index (χ2v) is 6.85. The number of carbonyl (C=O) groups is 1. The Hall–Kier alpha value is -0.940. The average Bonchev–Trinajstić information content (AvgIpc) is 2.48. The highest BCUT2D eigenvalue weighted by molar-refractivity contribution is 9.10. The first-order chi connectivity index (χ1) is 10.1. The van der Waals surface area contributed by atoms with Gasteiger partial charge in [-0.1, -0.05) is 12.5 Å². The standard InChI is InChI=1S/C16H20BrFN2O/c1-11-9-19-8-3-2-5-12(19)10-20(11)16(21)13-6-4-7-14(18)15(13)17/h4,6-7,11-12H,2-3,5,8-10H2,1H3. The molecular formula is C16H20BrFN2O. The van der Waals surface area contributed by atoms with E-state index in [9.17, 15) is 9.18 Å². The van der Waals surface area contributed by atoms with E-state index >= 15 is 0 Å². The SMILES string of the molecule is CC1CN2CCCCC2CN1C(=O)c1cccc(F)c1Br. The molecule has 1 aromatic rings. The summed E-state index contributed by atoms with van der Waals surface area (Å²) in [7, 11) is 0. The number of carbonyl (C=O) groups excluding carboxylic acids is 1. The minimum atomic E-state index is -0.384. The summed E-state index contributed by atoms with van der Waals surface area (Å²) >= 11 is 3.20. The number of rotatable bonds is 1. The largest absolute Gasteiger partial charge is 0.333 e. The van der Waals surface area contributed by atoms with E-state index in [1.807, 2.05) is 4.90 Å². The number of amides is 1. The summed E-state index contributed by atoms with van der Waals surface area (Å²) in [6.45, 7) is 4.89. The molecule has 5 heteroatoms. The van der Waals surface area contributed by atoms with Crippen molar-refractivity contribution in [1.82, 2.24) is 9.80 Å². The molecule has 0 aliphatic carbocycles. The summed E-state index contributed by atoms with van der Waals surface area (Å²) in [4.78, 5) is 17.2. The van der Waals surface area contributed by atoms with Crippen molar-refractivity contribution in [3.8, 4) is 0 Å². The van der Waals surface area contributed by atoms with Gasteiger partial charge in [-0.25, -0.2) is 4.39 Å². The second-order valence-electron chi connectivity index (χ2n) is 6.05. The molecule has 2 atom stereocenters. The third kappa shape index (κ3) is 2.86. The number of nitrogens with zero attached hydrogens (tertiary/aromatic N) is 2. The molecule has 114 valence electrons. The van der Waals surface area contributed by atoms with Gasteiger partial charge in [0.25, 0.3) is 5.91 Å². The number of piperidine rings is 1. The Labute approximate surface area is 133 Å². The molecule has 0 aromatic heterocycles. The first-order valence-electron chi connectivity index (χ1n) is 7.57. The summed E-state index contributed by atoms with van der Waals surface area (Å²) in [6.07, 6.45) is 3.65. The Balaban J connectivity index is 1.82. The lowest BCUT2D eigenvalue weighted by molar-refractivity contribution is 0.0151. The molecule has 0 N–H and O–H groups in total. The number of hydrogen-bond acceptors (Lipinski definition) is 2. The second kappa shape index (κ2) is 6.05. The molecule has 2 fully saturated rings. The fraction of sp³-hybridized carbons (Fsp3) is 0.562. The van der Waals surface area contributed by atoms with Gasteiger partial charge in [0.1, 0.15) is 5.82 Å². The van der Waals surface area contributed by atoms with Gasteiger partial charge in [-0.15, -0.1) is 0 Å². The molecule has 21 heavy (non-hydrogen) atoms. The van der Waals surface area contributed by atoms with Crippen molar-refractivity contribution in [1.29, 1.82) is 0 Å². The summed E-state index contributed by atoms with van der Waals surface area (Å²) in [5.74, 6) is -0.455. The van der Waals surface area contributed by atoms with Gasteiger partial charge >= 0.3 is 0 Å². The number of fused-ring (bicyclic) bond motifs is 1. The van der Waals surface area contributed by atoms with Crippen molar-refractivity contribution < 1.29 is 9.18 Å². The molecule has 1 amide bonds. The maximum Gasteiger partial charge on any atom is 0.255 e. The van der Waals surface area contributed by atoms with E-state index in [1.54, 1.807) is 12.1 Å². The Morgan fingerprint density at radius 2 is 2.14 bits per heavy atom. The molecular weight excluding hydrogens is 335 g/mol. The molecule has 2 heterocycles. The maximum atomic E-state index is 13.6. The average molecular weight is 355 g/mol. The van der Waals surface area contributed by atoms with E-state index in [0.717, 1.165) is 26.1 Å². The van der Waals surface area contributed by atoms with Crippen molar-refractivity contribution in [3.05, 3.63) is 34.1 Å². The Morgan fingerprint density at radius 3 is 2.95 bits per heavy atom. The van der Waals surface area contributed by atoms with E-state index in [1.165, 1.54) is 18.9 Å². The minimum Gasteiger partial charge on any atom is -0.333 e. The predicted octanol–water partition coefficient (Wildman–Crippen LogP) is 3.29. The fourth-order valence-corrected chi connectivity index (χ4v) is 3.89. The van der Waals surface area contributed by atoms with Gasteiger partial charge in [-0.05, 0) is 54.4 Å². The molecule has 2 saturated heterocycles. The van der Waals surface area contributed by atoms with Crippen molar-refractivity contribution in [2.75, 3.05) is 19.6 Å². The zero-order valence-electron chi connectivity index (χ0n) is 12.2. The topological polar surface area (TPSA) is 23.6 Å². The normalized spacial score (nSPS) is 26.5. The first-order valence-corrected chi connectivity index (χ1v) is 8.36. The van der Waals surface area contributed by atoms with Gasteiger partial charge in [0, 0.05) is 25.2 Å². The van der Waals surface area contributed by atoms with Crippen molar-refractivity contribution >= 4 is 21.8 Å². The highest BCUT2D eigenvalue weighted by Gasteiger charge is 2.36. The van der Waals surface area contributed by atoms with Crippen LogP contribution in [0, 0.1) is 5.82 Å². The van der Waals surface area contributed by atoms with Gasteiger partial charge in [0.15, 0.2) is 0 Å². The molecule has 1 aromatic carbocycles. The van der Waals surface area contributed by atoms with E-state index in [4.69, 9.17) is 0 Å². The van der Waals surface area contributed by atoms with Gasteiger partial charge in [-0.2, -0.15) is 0 Å². The quantitative estimate of drug-likeness (QED) is 0.772. The molecule has 3 nitrogen and oxygen atoms in total. The maximum absolute atomic E-state index is 13.6. The van der Waals surface area contributed by atoms with Crippen LogP contribution in [0.15, 0.2) is 22.7 Å². The number of halogens is 2. The highest BCUT2D eigenvalue weighted by Crippen LogP contribution is 2.27. The third-order valence-corrected chi connectivity index (χ3v) is 5.44. The lowest BCUT2D eigenvalue weighted by Gasteiger charge is -2.47. The monoisotopic (exact) mass is 354 g/mol. The van der Waals surface area contributed by atoms with Crippen LogP contribution in [-0.4, -0.2) is 47.4 Å². The van der Waals surface area contributed by atoms with Crippen molar-refractivity contribution in [2.45, 2.75) is 38.3 Å². The van der Waals surface area contributed by atoms with Crippen molar-refractivity contribution in [3.63, 3.8) is 0 Å². The van der Waals surface area contributed by atoms with Crippen LogP contribution in [0.3, 0.4) is 0 Å². The molecule has 0 radical (unpaired) electrons. The zero-order chi connectivity index (χ0) is 15.0. The van der Waals surface area contributed by atoms with Crippen molar-refractivity contribution in [2.24, 2.45) is 0 Å². The molecule has 2 aliphatic heterocycles. The van der Waals surface area contributed by atoms with Crippen LogP contribution in [0.25, 0.3) is 0 Å². The fourth-order valence-electron chi connectivity index (χ4n) is 3.46. The van der Waals surface area contributed by atoms with Crippen LogP contribution in [0.2, 0.25) is 0 Å². The van der Waals surface area contributed by atoms with Gasteiger partial charge in [-0.3, -0.25) is 9.69 Å². The summed E-state index contributed by atoms with van der Waals surface area (Å²) < 4.78 is 13.9. The predicted molar refractivity (Wildman–Crippen MR) is 83.8 cm³/mol. The molecule has 2 aliphatic rings. The van der Waals surface area contributed by atoms with Gasteiger partial charge < -0.3 is 4.90 Å². The molecule has 0 bridgehead atoms. The number of benzene rings is 1. The molecule has 2 unspecified atom stereocenters. The number of hydrogen-bond donors (Lipinski definition) is 0. The van der Waals surface area contributed by atoms with E-state index in [-0.39, 0.29) is 22.2 Å². The van der Waals surface area contributed by atoms with E-state index in [2.05, 4.69) is 27.8 Å². The summed E-state index contributed by atoms with van der Waals surface area (Å²) in [5.41, 5.74) is 0.422. The third-order valence-electron chi connectivity index (χ3n) is 4.63. The van der Waals surface area contributed by atoms with Crippen LogP contribution >= 0.6 is 15.9 Å². The Bertz CT molecular complexity index is 551. The highest BCUT2D eigenvalue weighted by atomic mass is 79.9. The van der Waals surface area contributed by atoms with E-state index in [0.29, 0.717) is 11.6 Å². The molecule has 3 rings (SSSR count). The Morgan fingerprint density at radius 1 is 1.33 bits per heavy atom. The first kappa shape index (κ1) is 15.0. The minimum absolute atomic E-state index is 0.0703. The lowest BCUT2D eigenvalue weighted by atomic mass is 9.96. The van der Waals surface area contributed by atoms with Gasteiger partial charge in [0.2, 0.25) is 0 Å². The lowest BCUT2D eigenvalue weighted by Crippen LogP contribution is -2.60. The van der Waals surface area contributed by atoms with Crippen LogP contribution < -0.4 is 0 Å². The van der Waals surface area contributed by atoms with Gasteiger partial charge in [0.05, 0.1) is 10.0 Å². The zero-order valence-corrected chi connectivity index (χ0v) is 13.8. The van der Waals surface area contributed by atoms with Crippen LogP contribution in [0.5, 0.6) is 0 Å². The smallest absolute Gasteiger partial charge is 0.255 e. The van der Waals surface area contributed by atoms with Crippen LogP contribution in [0.1, 0.15) is 36.5 Å². The van der Waals surface area contributed by atoms with E-state index < -0.39 is 0 Å². The number of piperazine rings is 1.